The van der Waals surface area contributed by atoms with Crippen molar-refractivity contribution in [3.05, 3.63) is 52.0 Å². The van der Waals surface area contributed by atoms with E-state index in [2.05, 4.69) is 20.7 Å². The Labute approximate surface area is 167 Å². The molecule has 0 unspecified atom stereocenters. The van der Waals surface area contributed by atoms with E-state index in [1.165, 1.54) is 0 Å². The number of nitrogens with zero attached hydrogens (tertiary/aromatic N) is 1. The third-order valence-corrected chi connectivity index (χ3v) is 6.93. The zero-order chi connectivity index (χ0) is 19.6. The van der Waals surface area contributed by atoms with Crippen LogP contribution in [0.15, 0.2) is 45.8 Å². The van der Waals surface area contributed by atoms with Gasteiger partial charge in [0.2, 0.25) is 15.9 Å². The van der Waals surface area contributed by atoms with Crippen molar-refractivity contribution < 1.29 is 17.9 Å². The minimum Gasteiger partial charge on any atom is -0.496 e. The van der Waals surface area contributed by atoms with Crippen LogP contribution in [-0.4, -0.2) is 28.0 Å². The maximum Gasteiger partial charge on any atom is 0.242 e. The first kappa shape index (κ1) is 19.9. The van der Waals surface area contributed by atoms with Gasteiger partial charge in [0.1, 0.15) is 5.75 Å². The number of anilines is 1. The van der Waals surface area contributed by atoms with E-state index >= 15 is 0 Å². The molecule has 0 spiro atoms. The molecular weight excluding hydrogens is 432 g/mol. The Hall–Kier alpha value is -1.90. The van der Waals surface area contributed by atoms with Gasteiger partial charge in [-0.2, -0.15) is 0 Å². The van der Waals surface area contributed by atoms with Crippen molar-refractivity contribution in [1.82, 2.24) is 4.72 Å². The molecule has 2 aromatic rings. The Kier molecular flexibility index (Phi) is 5.88. The van der Waals surface area contributed by atoms with Gasteiger partial charge in [-0.1, -0.05) is 25.1 Å². The molecule has 0 radical (unpaired) electrons. The van der Waals surface area contributed by atoms with Crippen LogP contribution in [0.1, 0.15) is 24.5 Å². The van der Waals surface area contributed by atoms with Gasteiger partial charge in [0.25, 0.3) is 0 Å². The van der Waals surface area contributed by atoms with E-state index in [9.17, 15) is 13.2 Å². The molecule has 0 aliphatic carbocycles. The normalized spacial score (nSPS) is 13.5. The highest BCUT2D eigenvalue weighted by Gasteiger charge is 2.28. The Morgan fingerprint density at radius 1 is 1.30 bits per heavy atom. The molecule has 0 fully saturated rings. The third kappa shape index (κ3) is 4.02. The van der Waals surface area contributed by atoms with Gasteiger partial charge in [-0.05, 0) is 46.1 Å². The second-order valence-electron chi connectivity index (χ2n) is 6.20. The molecule has 0 atom stereocenters. The standard InChI is InChI=1S/C19H21BrN2O4S/c1-3-19(23)22-9-8-13-10-15(20)18(11-16(13)22)27(24,25)21-12-14-6-4-5-7-17(14)26-2/h4-7,10-11,21H,3,8-9,12H2,1-2H3. The summed E-state index contributed by atoms with van der Waals surface area (Å²) in [4.78, 5) is 13.9. The summed E-state index contributed by atoms with van der Waals surface area (Å²) in [5.41, 5.74) is 2.37. The van der Waals surface area contributed by atoms with Crippen molar-refractivity contribution in [2.75, 3.05) is 18.6 Å². The summed E-state index contributed by atoms with van der Waals surface area (Å²) in [6.07, 6.45) is 1.10. The number of ether oxygens (including phenoxy) is 1. The van der Waals surface area contributed by atoms with Crippen molar-refractivity contribution >= 4 is 37.5 Å². The molecule has 6 nitrogen and oxygen atoms in total. The zero-order valence-corrected chi connectivity index (χ0v) is 17.6. The predicted molar refractivity (Wildman–Crippen MR) is 108 cm³/mol. The Bertz CT molecular complexity index is 976. The van der Waals surface area contributed by atoms with Crippen molar-refractivity contribution in [2.45, 2.75) is 31.2 Å². The average Bonchev–Trinajstić information content (AvgIpc) is 3.08. The fourth-order valence-electron chi connectivity index (χ4n) is 3.14. The number of fused-ring (bicyclic) bond motifs is 1. The number of para-hydroxylation sites is 1. The summed E-state index contributed by atoms with van der Waals surface area (Å²) < 4.78 is 34.1. The Morgan fingerprint density at radius 2 is 2.04 bits per heavy atom. The van der Waals surface area contributed by atoms with Crippen LogP contribution in [0.5, 0.6) is 5.75 Å². The number of amides is 1. The number of methoxy groups -OCH3 is 1. The molecular formula is C19H21BrN2O4S. The fourth-order valence-corrected chi connectivity index (χ4v) is 5.26. The van der Waals surface area contributed by atoms with Crippen LogP contribution in [0.2, 0.25) is 0 Å². The summed E-state index contributed by atoms with van der Waals surface area (Å²) in [6.45, 7) is 2.48. The third-order valence-electron chi connectivity index (χ3n) is 4.57. The van der Waals surface area contributed by atoms with Crippen molar-refractivity contribution in [3.8, 4) is 5.75 Å². The van der Waals surface area contributed by atoms with Gasteiger partial charge in [-0.25, -0.2) is 13.1 Å². The number of hydrogen-bond donors (Lipinski definition) is 1. The molecule has 27 heavy (non-hydrogen) atoms. The van der Waals surface area contributed by atoms with E-state index in [4.69, 9.17) is 4.74 Å². The van der Waals surface area contributed by atoms with E-state index in [0.717, 1.165) is 11.1 Å². The number of benzene rings is 2. The molecule has 0 bridgehead atoms. The van der Waals surface area contributed by atoms with Crippen LogP contribution < -0.4 is 14.4 Å². The first-order valence-corrected chi connectivity index (χ1v) is 10.9. The van der Waals surface area contributed by atoms with Crippen molar-refractivity contribution in [3.63, 3.8) is 0 Å². The molecule has 3 rings (SSSR count). The van der Waals surface area contributed by atoms with Gasteiger partial charge in [-0.15, -0.1) is 0 Å². The second-order valence-corrected chi connectivity index (χ2v) is 8.79. The molecule has 1 aliphatic heterocycles. The molecule has 1 amide bonds. The highest BCUT2D eigenvalue weighted by Crippen LogP contribution is 2.35. The van der Waals surface area contributed by atoms with E-state index in [-0.39, 0.29) is 17.3 Å². The van der Waals surface area contributed by atoms with Gasteiger partial charge in [-0.3, -0.25) is 4.79 Å². The van der Waals surface area contributed by atoms with E-state index in [0.29, 0.717) is 35.3 Å². The van der Waals surface area contributed by atoms with Crippen LogP contribution in [0.3, 0.4) is 0 Å². The van der Waals surface area contributed by atoms with Crippen LogP contribution >= 0.6 is 15.9 Å². The fraction of sp³-hybridized carbons (Fsp3) is 0.316. The smallest absolute Gasteiger partial charge is 0.242 e. The Morgan fingerprint density at radius 3 is 2.74 bits per heavy atom. The minimum absolute atomic E-state index is 0.0126. The van der Waals surface area contributed by atoms with Gasteiger partial charge in [0.15, 0.2) is 0 Å². The average molecular weight is 453 g/mol. The lowest BCUT2D eigenvalue weighted by atomic mass is 10.2. The summed E-state index contributed by atoms with van der Waals surface area (Å²) >= 11 is 3.37. The summed E-state index contributed by atoms with van der Waals surface area (Å²) in [6, 6.07) is 10.6. The lowest BCUT2D eigenvalue weighted by Gasteiger charge is -2.18. The monoisotopic (exact) mass is 452 g/mol. The molecule has 0 aromatic heterocycles. The Balaban J connectivity index is 1.90. The molecule has 8 heteroatoms. The first-order valence-electron chi connectivity index (χ1n) is 8.61. The number of hydrogen-bond acceptors (Lipinski definition) is 4. The maximum atomic E-state index is 12.9. The van der Waals surface area contributed by atoms with E-state index < -0.39 is 10.0 Å². The predicted octanol–water partition coefficient (Wildman–Crippen LogP) is 3.24. The quantitative estimate of drug-likeness (QED) is 0.729. The maximum absolute atomic E-state index is 12.9. The molecule has 2 aromatic carbocycles. The molecule has 1 heterocycles. The van der Waals surface area contributed by atoms with Gasteiger partial charge in [0.05, 0.1) is 12.0 Å². The number of halogens is 1. The number of rotatable bonds is 6. The van der Waals surface area contributed by atoms with Gasteiger partial charge >= 0.3 is 0 Å². The van der Waals surface area contributed by atoms with E-state index in [1.54, 1.807) is 43.2 Å². The first-order chi connectivity index (χ1) is 12.9. The molecule has 1 aliphatic rings. The number of carbonyl (C=O) groups is 1. The second kappa shape index (κ2) is 8.00. The van der Waals surface area contributed by atoms with Crippen molar-refractivity contribution in [1.29, 1.82) is 0 Å². The number of sulfonamides is 1. The van der Waals surface area contributed by atoms with E-state index in [1.807, 2.05) is 12.1 Å². The lowest BCUT2D eigenvalue weighted by molar-refractivity contribution is -0.118. The zero-order valence-electron chi connectivity index (χ0n) is 15.2. The molecule has 0 saturated carbocycles. The summed E-state index contributed by atoms with van der Waals surface area (Å²) in [7, 11) is -2.24. The van der Waals surface area contributed by atoms with Gasteiger partial charge in [0, 0.05) is 35.2 Å². The molecule has 0 saturated heterocycles. The molecule has 1 N–H and O–H groups in total. The topological polar surface area (TPSA) is 75.7 Å². The summed E-state index contributed by atoms with van der Waals surface area (Å²) in [5, 5.41) is 0. The summed E-state index contributed by atoms with van der Waals surface area (Å²) in [5.74, 6) is 0.606. The number of carbonyl (C=O) groups excluding carboxylic acids is 1. The highest BCUT2D eigenvalue weighted by molar-refractivity contribution is 9.10. The van der Waals surface area contributed by atoms with Gasteiger partial charge < -0.3 is 9.64 Å². The molecule has 144 valence electrons. The van der Waals surface area contributed by atoms with Crippen molar-refractivity contribution in [2.24, 2.45) is 0 Å². The van der Waals surface area contributed by atoms with Crippen LogP contribution in [0.25, 0.3) is 0 Å². The highest BCUT2D eigenvalue weighted by atomic mass is 79.9. The SMILES string of the molecule is CCC(=O)N1CCc2cc(Br)c(S(=O)(=O)NCc3ccccc3OC)cc21. The minimum atomic E-state index is -3.78. The lowest BCUT2D eigenvalue weighted by Crippen LogP contribution is -2.28. The van der Waals surface area contributed by atoms with Crippen LogP contribution in [0.4, 0.5) is 5.69 Å². The van der Waals surface area contributed by atoms with Crippen LogP contribution in [-0.2, 0) is 27.8 Å². The largest absolute Gasteiger partial charge is 0.496 e. The number of nitrogens with one attached hydrogen (secondary N) is 1. The van der Waals surface area contributed by atoms with Crippen LogP contribution in [0, 0.1) is 0 Å².